The zero-order valence-corrected chi connectivity index (χ0v) is 28.5. The first-order valence-corrected chi connectivity index (χ1v) is 16.8. The van der Waals surface area contributed by atoms with Gasteiger partial charge in [0.1, 0.15) is 52.7 Å². The van der Waals surface area contributed by atoms with Crippen molar-refractivity contribution in [2.24, 2.45) is 0 Å². The van der Waals surface area contributed by atoms with Crippen LogP contribution in [0.4, 0.5) is 96.6 Å². The summed E-state index contributed by atoms with van der Waals surface area (Å²) < 4.78 is 318. The fourth-order valence-corrected chi connectivity index (χ4v) is 6.62. The summed E-state index contributed by atoms with van der Waals surface area (Å²) in [7, 11) is -1.05. The summed E-state index contributed by atoms with van der Waals surface area (Å²) in [4.78, 5) is 11.4. The van der Waals surface area contributed by atoms with Crippen LogP contribution in [0.5, 0.6) is 0 Å². The zero-order chi connectivity index (χ0) is 44.7. The Bertz CT molecular complexity index is 2090. The SMILES string of the molecule is Fc1c(F)c(F)c([B-](c2c(F)c(F)c(F)c(F)c2F)(c2c(F)c(F)c(F)c(F)c2F)c2c(F)c(F)c(F)c(F)c2F)c(F)c1F.O=C(C[S+](CF)CF)c1ccccc1. The van der Waals surface area contributed by atoms with Crippen molar-refractivity contribution in [1.29, 1.82) is 0 Å². The van der Waals surface area contributed by atoms with Gasteiger partial charge in [-0.2, -0.15) is 8.78 Å². The number of alkyl halides is 2. The number of carbonyl (C=O) groups excluding carboxylic acids is 1. The summed E-state index contributed by atoms with van der Waals surface area (Å²) in [6, 6.07) is 7.05. The molecule has 0 radical (unpaired) electrons. The summed E-state index contributed by atoms with van der Waals surface area (Å²) in [5.41, 5.74) is -13.8. The molecule has 0 aliphatic rings. The third kappa shape index (κ3) is 7.45. The van der Waals surface area contributed by atoms with Gasteiger partial charge < -0.3 is 0 Å². The molecule has 0 bridgehead atoms. The smallest absolute Gasteiger partial charge is 0.248 e. The number of Topliss-reactive ketones (excluding diaryl/α,β-unsaturated/α-hetero) is 1. The van der Waals surface area contributed by atoms with E-state index in [1.165, 1.54) is 0 Å². The quantitative estimate of drug-likeness (QED) is 0.0365. The molecule has 0 aromatic heterocycles. The summed E-state index contributed by atoms with van der Waals surface area (Å²) in [5.74, 6) is -71.6. The van der Waals surface area contributed by atoms with Gasteiger partial charge in [0.15, 0.2) is 75.6 Å². The second kappa shape index (κ2) is 17.5. The van der Waals surface area contributed by atoms with Crippen LogP contribution in [0.2, 0.25) is 0 Å². The van der Waals surface area contributed by atoms with Crippen molar-refractivity contribution in [2.75, 3.05) is 17.8 Å². The molecular weight excluding hydrogens is 885 g/mol. The van der Waals surface area contributed by atoms with Gasteiger partial charge in [-0.3, -0.25) is 4.79 Å². The van der Waals surface area contributed by atoms with Gasteiger partial charge in [0.05, 0.1) is 10.9 Å². The molecule has 1 nitrogen and oxygen atoms in total. The van der Waals surface area contributed by atoms with E-state index in [9.17, 15) is 66.3 Å². The number of benzene rings is 5. The van der Waals surface area contributed by atoms with E-state index >= 15 is 35.1 Å². The first kappa shape index (κ1) is 46.3. The van der Waals surface area contributed by atoms with Crippen molar-refractivity contribution in [3.05, 3.63) is 152 Å². The van der Waals surface area contributed by atoms with Gasteiger partial charge in [0.25, 0.3) is 0 Å². The maximum absolute atomic E-state index is 15.4. The predicted octanol–water partition coefficient (Wildman–Crippen LogP) is 8.19. The van der Waals surface area contributed by atoms with Crippen LogP contribution in [0.25, 0.3) is 0 Å². The molecule has 0 saturated carbocycles. The molecule has 59 heavy (non-hydrogen) atoms. The number of halogens is 22. The summed E-state index contributed by atoms with van der Waals surface area (Å²) >= 11 is 0. The number of rotatable bonds is 9. The minimum atomic E-state index is -7.22. The molecule has 5 aromatic carbocycles. The average molecular weight is 896 g/mol. The number of ketones is 1. The fourth-order valence-electron chi connectivity index (χ4n) is 5.87. The van der Waals surface area contributed by atoms with E-state index in [-0.39, 0.29) is 11.5 Å². The highest BCUT2D eigenvalue weighted by Gasteiger charge is 2.52. The second-order valence-corrected chi connectivity index (χ2v) is 13.5. The van der Waals surface area contributed by atoms with Gasteiger partial charge in [-0.05, 0) is 0 Å². The van der Waals surface area contributed by atoms with Gasteiger partial charge in [-0.25, -0.2) is 87.8 Å². The molecule has 0 aliphatic carbocycles. The van der Waals surface area contributed by atoms with Crippen molar-refractivity contribution >= 4 is 44.7 Å². The Hall–Kier alpha value is -5.36. The molecule has 0 atom stereocenters. The van der Waals surface area contributed by atoms with Crippen molar-refractivity contribution in [1.82, 2.24) is 0 Å². The van der Waals surface area contributed by atoms with Gasteiger partial charge in [-0.1, -0.05) is 30.3 Å². The third-order valence-electron chi connectivity index (χ3n) is 8.45. The van der Waals surface area contributed by atoms with Crippen LogP contribution < -0.4 is 21.9 Å². The number of hydrogen-bond acceptors (Lipinski definition) is 1. The molecule has 0 amide bonds. The van der Waals surface area contributed by atoms with Gasteiger partial charge in [0, 0.05) is 5.56 Å². The van der Waals surface area contributed by atoms with Crippen molar-refractivity contribution < 1.29 is 101 Å². The summed E-state index contributed by atoms with van der Waals surface area (Å²) in [5, 5.41) is 0. The minimum Gasteiger partial charge on any atom is -0.289 e. The van der Waals surface area contributed by atoms with E-state index in [1.807, 2.05) is 0 Å². The molecule has 0 unspecified atom stereocenters. The van der Waals surface area contributed by atoms with E-state index in [2.05, 4.69) is 0 Å². The standard InChI is InChI=1S/C24BF20.C10H11F2OS/c26-5-1(6(27)14(35)21(42)13(5)34)25(2-7(28)15(36)22(43)16(37)8(2)29,3-9(30)17(38)23(44)18(39)10(3)31)4-11(32)19(40)24(45)20(41)12(4)33;11-7-14(8-12)6-10(13)9-4-2-1-3-5-9/h;1-5H,6-8H2/q-1;+1. The zero-order valence-electron chi connectivity index (χ0n) is 27.7. The lowest BCUT2D eigenvalue weighted by molar-refractivity contribution is 0.102. The lowest BCUT2D eigenvalue weighted by Crippen LogP contribution is -2.81. The Labute approximate surface area is 316 Å². The van der Waals surface area contributed by atoms with Crippen LogP contribution in [-0.4, -0.2) is 29.7 Å². The van der Waals surface area contributed by atoms with E-state index in [0.717, 1.165) is 0 Å². The molecule has 0 heterocycles. The second-order valence-electron chi connectivity index (χ2n) is 11.6. The molecule has 0 saturated heterocycles. The van der Waals surface area contributed by atoms with Crippen molar-refractivity contribution in [2.45, 2.75) is 0 Å². The van der Waals surface area contributed by atoms with Crippen LogP contribution in [0.1, 0.15) is 10.4 Å². The molecule has 316 valence electrons. The van der Waals surface area contributed by atoms with E-state index in [0.29, 0.717) is 5.56 Å². The maximum Gasteiger partial charge on any atom is 0.248 e. The Morgan fingerprint density at radius 3 is 0.763 bits per heavy atom. The monoisotopic (exact) mass is 896 g/mol. The lowest BCUT2D eigenvalue weighted by Gasteiger charge is -2.44. The largest absolute Gasteiger partial charge is 0.289 e. The number of carbonyl (C=O) groups is 1. The molecule has 0 aliphatic heterocycles. The first-order chi connectivity index (χ1) is 27.5. The third-order valence-corrected chi connectivity index (χ3v) is 9.73. The highest BCUT2D eigenvalue weighted by atomic mass is 32.2. The molecule has 5 aromatic rings. The number of hydrogen-bond donors (Lipinski definition) is 0. The molecule has 0 fully saturated rings. The van der Waals surface area contributed by atoms with Crippen LogP contribution >= 0.6 is 0 Å². The first-order valence-electron chi connectivity index (χ1n) is 15.1. The Morgan fingerprint density at radius 1 is 0.356 bits per heavy atom. The maximum atomic E-state index is 15.4. The van der Waals surface area contributed by atoms with Crippen LogP contribution in [0.3, 0.4) is 0 Å². The van der Waals surface area contributed by atoms with Crippen molar-refractivity contribution in [3.63, 3.8) is 0 Å². The van der Waals surface area contributed by atoms with Gasteiger partial charge in [-0.15, -0.1) is 21.9 Å². The molecule has 0 spiro atoms. The Morgan fingerprint density at radius 2 is 0.559 bits per heavy atom. The topological polar surface area (TPSA) is 17.1 Å². The van der Waals surface area contributed by atoms with Crippen LogP contribution in [-0.2, 0) is 10.9 Å². The fraction of sp³-hybridized carbons (Fsp3) is 0.0882. The van der Waals surface area contributed by atoms with Gasteiger partial charge in [0.2, 0.25) is 17.8 Å². The van der Waals surface area contributed by atoms with Crippen LogP contribution in [0, 0.1) is 116 Å². The summed E-state index contributed by atoms with van der Waals surface area (Å²) in [6.45, 7) is 0. The average Bonchev–Trinajstić information content (AvgIpc) is 3.23. The molecular formula is C34H11BF22OS. The predicted molar refractivity (Wildman–Crippen MR) is 164 cm³/mol. The highest BCUT2D eigenvalue weighted by molar-refractivity contribution is 7.97. The van der Waals surface area contributed by atoms with Gasteiger partial charge >= 0.3 is 0 Å². The molecule has 25 heteroatoms. The minimum absolute atomic E-state index is 0.0307. The van der Waals surface area contributed by atoms with E-state index in [4.69, 9.17) is 0 Å². The Kier molecular flexibility index (Phi) is 13.7. The van der Waals surface area contributed by atoms with Crippen LogP contribution in [0.15, 0.2) is 30.3 Å². The Balaban J connectivity index is 0.000000464. The van der Waals surface area contributed by atoms with E-state index < -0.39 is 167 Å². The molecule has 5 rings (SSSR count). The normalized spacial score (nSPS) is 11.6. The van der Waals surface area contributed by atoms with Crippen molar-refractivity contribution in [3.8, 4) is 0 Å². The molecule has 0 N–H and O–H groups in total. The lowest BCUT2D eigenvalue weighted by atomic mass is 9.12. The highest BCUT2D eigenvalue weighted by Crippen LogP contribution is 2.30. The van der Waals surface area contributed by atoms with E-state index in [1.54, 1.807) is 30.3 Å². The summed E-state index contributed by atoms with van der Waals surface area (Å²) in [6.07, 6.45) is -7.22.